The minimum atomic E-state index is -1.49. The maximum Gasteiger partial charge on any atom is 0.326 e. The first-order valence-electron chi connectivity index (χ1n) is 9.77. The van der Waals surface area contributed by atoms with Crippen LogP contribution in [0.15, 0.2) is 12.5 Å². The lowest BCUT2D eigenvalue weighted by Crippen LogP contribution is -2.57. The van der Waals surface area contributed by atoms with E-state index in [-0.39, 0.29) is 12.8 Å². The highest BCUT2D eigenvalue weighted by Gasteiger charge is 2.29. The Balaban J connectivity index is 2.74. The molecular formula is C18H27N7O8. The molecule has 0 fully saturated rings. The molecule has 15 nitrogen and oxygen atoms in total. The second kappa shape index (κ2) is 12.7. The summed E-state index contributed by atoms with van der Waals surface area (Å²) in [5.41, 5.74) is 11.5. The summed E-state index contributed by atoms with van der Waals surface area (Å²) < 4.78 is 0. The third kappa shape index (κ3) is 9.77. The predicted molar refractivity (Wildman–Crippen MR) is 110 cm³/mol. The highest BCUT2D eigenvalue weighted by molar-refractivity contribution is 5.96. The fourth-order valence-corrected chi connectivity index (χ4v) is 2.62. The number of imidazole rings is 1. The first-order valence-corrected chi connectivity index (χ1v) is 9.77. The number of aromatic amines is 1. The molecule has 4 unspecified atom stereocenters. The SMILES string of the molecule is CC(NC(=O)C(CC(N)=O)NC(=O)C(N)Cc1cnc[nH]1)C(=O)NC(CCC(=O)O)C(=O)O. The summed E-state index contributed by atoms with van der Waals surface area (Å²) in [6, 6.07) is -5.30. The van der Waals surface area contributed by atoms with Crippen LogP contribution in [-0.2, 0) is 35.2 Å². The van der Waals surface area contributed by atoms with Crippen molar-refractivity contribution in [2.24, 2.45) is 11.5 Å². The zero-order valence-electron chi connectivity index (χ0n) is 17.7. The molecule has 0 radical (unpaired) electrons. The van der Waals surface area contributed by atoms with Gasteiger partial charge in [0.2, 0.25) is 23.6 Å². The predicted octanol–water partition coefficient (Wildman–Crippen LogP) is -3.42. The van der Waals surface area contributed by atoms with Crippen LogP contribution in [0.4, 0.5) is 0 Å². The molecule has 0 aliphatic carbocycles. The first kappa shape index (κ1) is 27.0. The van der Waals surface area contributed by atoms with Crippen molar-refractivity contribution in [3.63, 3.8) is 0 Å². The van der Waals surface area contributed by atoms with E-state index in [0.29, 0.717) is 5.69 Å². The Morgan fingerprint density at radius 2 is 1.67 bits per heavy atom. The number of carbonyl (C=O) groups is 6. The number of carbonyl (C=O) groups excluding carboxylic acids is 4. The van der Waals surface area contributed by atoms with Gasteiger partial charge in [0.15, 0.2) is 0 Å². The minimum Gasteiger partial charge on any atom is -0.481 e. The van der Waals surface area contributed by atoms with E-state index in [4.69, 9.17) is 21.7 Å². The molecule has 182 valence electrons. The van der Waals surface area contributed by atoms with E-state index in [1.807, 2.05) is 0 Å². The van der Waals surface area contributed by atoms with Gasteiger partial charge in [-0.1, -0.05) is 0 Å². The number of H-pyrrole nitrogens is 1. The standard InChI is InChI=1S/C18H27N7O8/c1-8(15(29)24-11(18(32)33)2-3-14(27)28)23-17(31)12(5-13(20)26)25-16(30)10(19)4-9-6-21-7-22-9/h6-8,10-12H,2-5,19H2,1H3,(H2,20,26)(H,21,22)(H,23,31)(H,24,29)(H,25,30)(H,27,28)(H,32,33). The molecule has 10 N–H and O–H groups in total. The van der Waals surface area contributed by atoms with Crippen LogP contribution in [0.5, 0.6) is 0 Å². The summed E-state index contributed by atoms with van der Waals surface area (Å²) in [4.78, 5) is 76.9. The summed E-state index contributed by atoms with van der Waals surface area (Å²) in [5.74, 6) is -6.21. The number of aromatic nitrogens is 2. The van der Waals surface area contributed by atoms with Gasteiger partial charge >= 0.3 is 11.9 Å². The molecule has 0 spiro atoms. The van der Waals surface area contributed by atoms with Gasteiger partial charge in [0.1, 0.15) is 18.1 Å². The van der Waals surface area contributed by atoms with E-state index < -0.39 is 72.6 Å². The van der Waals surface area contributed by atoms with Crippen molar-refractivity contribution in [1.82, 2.24) is 25.9 Å². The van der Waals surface area contributed by atoms with Crippen molar-refractivity contribution in [1.29, 1.82) is 0 Å². The molecule has 0 bridgehead atoms. The Bertz CT molecular complexity index is 873. The van der Waals surface area contributed by atoms with Gasteiger partial charge in [0.25, 0.3) is 0 Å². The molecule has 0 aliphatic heterocycles. The summed E-state index contributed by atoms with van der Waals surface area (Å²) in [7, 11) is 0. The molecule has 4 amide bonds. The van der Waals surface area contributed by atoms with Crippen LogP contribution in [0.25, 0.3) is 0 Å². The second-order valence-electron chi connectivity index (χ2n) is 7.18. The Morgan fingerprint density at radius 3 is 2.18 bits per heavy atom. The number of carboxylic acid groups (broad SMARTS) is 2. The smallest absolute Gasteiger partial charge is 0.326 e. The molecule has 1 rings (SSSR count). The normalized spacial score (nSPS) is 14.2. The van der Waals surface area contributed by atoms with Crippen LogP contribution in [0.1, 0.15) is 31.9 Å². The molecule has 0 saturated carbocycles. The molecule has 0 aliphatic rings. The van der Waals surface area contributed by atoms with Crippen LogP contribution in [-0.4, -0.2) is 79.9 Å². The monoisotopic (exact) mass is 469 g/mol. The third-order valence-corrected chi connectivity index (χ3v) is 4.38. The summed E-state index contributed by atoms with van der Waals surface area (Å²) in [6.07, 6.45) is 1.48. The number of nitrogens with two attached hydrogens (primary N) is 2. The Kier molecular flexibility index (Phi) is 10.4. The number of nitrogens with zero attached hydrogens (tertiary/aromatic N) is 1. The minimum absolute atomic E-state index is 0.0719. The zero-order valence-corrected chi connectivity index (χ0v) is 17.7. The van der Waals surface area contributed by atoms with Gasteiger partial charge in [-0.3, -0.25) is 24.0 Å². The van der Waals surface area contributed by atoms with E-state index in [0.717, 1.165) is 0 Å². The molecule has 1 aromatic heterocycles. The molecule has 15 heteroatoms. The molecular weight excluding hydrogens is 442 g/mol. The number of carboxylic acids is 2. The van der Waals surface area contributed by atoms with Crippen LogP contribution >= 0.6 is 0 Å². The number of nitrogens with one attached hydrogen (secondary N) is 4. The molecule has 33 heavy (non-hydrogen) atoms. The average molecular weight is 469 g/mol. The van der Waals surface area contributed by atoms with Gasteiger partial charge in [-0.2, -0.15) is 0 Å². The van der Waals surface area contributed by atoms with Gasteiger partial charge in [0, 0.05) is 24.7 Å². The highest BCUT2D eigenvalue weighted by atomic mass is 16.4. The van der Waals surface area contributed by atoms with Crippen molar-refractivity contribution in [2.45, 2.75) is 56.8 Å². The number of primary amides is 1. The van der Waals surface area contributed by atoms with Gasteiger partial charge in [-0.25, -0.2) is 9.78 Å². The van der Waals surface area contributed by atoms with E-state index in [1.165, 1.54) is 19.4 Å². The van der Waals surface area contributed by atoms with Crippen LogP contribution < -0.4 is 27.4 Å². The van der Waals surface area contributed by atoms with Crippen molar-refractivity contribution in [2.75, 3.05) is 0 Å². The van der Waals surface area contributed by atoms with Gasteiger partial charge < -0.3 is 42.6 Å². The van der Waals surface area contributed by atoms with Crippen molar-refractivity contribution < 1.29 is 39.0 Å². The van der Waals surface area contributed by atoms with Gasteiger partial charge in [0.05, 0.1) is 18.8 Å². The number of hydrogen-bond acceptors (Lipinski definition) is 8. The maximum absolute atomic E-state index is 12.5. The maximum atomic E-state index is 12.5. The second-order valence-corrected chi connectivity index (χ2v) is 7.18. The van der Waals surface area contributed by atoms with Crippen molar-refractivity contribution in [3.8, 4) is 0 Å². The largest absolute Gasteiger partial charge is 0.481 e. The summed E-state index contributed by atoms with van der Waals surface area (Å²) >= 11 is 0. The lowest BCUT2D eigenvalue weighted by atomic mass is 10.1. The Morgan fingerprint density at radius 1 is 1.03 bits per heavy atom. The Hall–Kier alpha value is -4.01. The third-order valence-electron chi connectivity index (χ3n) is 4.38. The lowest BCUT2D eigenvalue weighted by Gasteiger charge is -2.22. The molecule has 1 heterocycles. The molecule has 4 atom stereocenters. The zero-order chi connectivity index (χ0) is 25.1. The van der Waals surface area contributed by atoms with Crippen molar-refractivity contribution >= 4 is 35.6 Å². The Labute approximate surface area is 187 Å². The summed E-state index contributed by atoms with van der Waals surface area (Å²) in [5, 5.41) is 24.4. The first-order chi connectivity index (χ1) is 15.4. The van der Waals surface area contributed by atoms with E-state index in [1.54, 1.807) is 0 Å². The van der Waals surface area contributed by atoms with Crippen LogP contribution in [0.3, 0.4) is 0 Å². The van der Waals surface area contributed by atoms with Gasteiger partial charge in [-0.15, -0.1) is 0 Å². The van der Waals surface area contributed by atoms with E-state index >= 15 is 0 Å². The number of rotatable bonds is 14. The molecule has 0 saturated heterocycles. The van der Waals surface area contributed by atoms with Crippen LogP contribution in [0.2, 0.25) is 0 Å². The van der Waals surface area contributed by atoms with Crippen molar-refractivity contribution in [3.05, 3.63) is 18.2 Å². The average Bonchev–Trinajstić information content (AvgIpc) is 3.22. The quantitative estimate of drug-likeness (QED) is 0.134. The lowest BCUT2D eigenvalue weighted by molar-refractivity contribution is -0.143. The van der Waals surface area contributed by atoms with Crippen LogP contribution in [0, 0.1) is 0 Å². The number of amides is 4. The van der Waals surface area contributed by atoms with E-state index in [9.17, 15) is 28.8 Å². The fourth-order valence-electron chi connectivity index (χ4n) is 2.62. The summed E-state index contributed by atoms with van der Waals surface area (Å²) in [6.45, 7) is 1.23. The number of aliphatic carboxylic acids is 2. The topological polar surface area (TPSA) is 260 Å². The fraction of sp³-hybridized carbons (Fsp3) is 0.500. The highest BCUT2D eigenvalue weighted by Crippen LogP contribution is 2.02. The molecule has 0 aromatic carbocycles. The van der Waals surface area contributed by atoms with Gasteiger partial charge in [-0.05, 0) is 13.3 Å². The molecule has 1 aromatic rings. The van der Waals surface area contributed by atoms with E-state index in [2.05, 4.69) is 25.9 Å². The number of hydrogen-bond donors (Lipinski definition) is 8.